The fourth-order valence-corrected chi connectivity index (χ4v) is 3.16. The van der Waals surface area contributed by atoms with Gasteiger partial charge in [0.1, 0.15) is 17.0 Å². The fourth-order valence-electron chi connectivity index (χ4n) is 2.43. The van der Waals surface area contributed by atoms with E-state index >= 15 is 0 Å². The molecule has 0 saturated carbocycles. The van der Waals surface area contributed by atoms with Crippen LogP contribution in [0.15, 0.2) is 17.8 Å². The number of aromatic nitrogens is 2. The van der Waals surface area contributed by atoms with Crippen molar-refractivity contribution in [2.75, 3.05) is 18.0 Å². The number of amides is 1. The predicted molar refractivity (Wildman–Crippen MR) is 71.5 cm³/mol. The molecule has 1 amide bonds. The normalized spacial score (nSPS) is 20.2. The molecule has 1 atom stereocenters. The van der Waals surface area contributed by atoms with Crippen molar-refractivity contribution in [3.8, 4) is 0 Å². The minimum atomic E-state index is -0.213. The van der Waals surface area contributed by atoms with E-state index in [9.17, 15) is 4.79 Å². The number of carbonyl (C=O) groups is 1. The zero-order valence-corrected chi connectivity index (χ0v) is 10.7. The average Bonchev–Trinajstić information content (AvgIpc) is 2.87. The molecule has 3 rings (SSSR count). The number of piperidine rings is 1. The minimum absolute atomic E-state index is 0.0672. The Hall–Kier alpha value is -1.69. The van der Waals surface area contributed by atoms with Crippen molar-refractivity contribution in [1.82, 2.24) is 9.97 Å². The summed E-state index contributed by atoms with van der Waals surface area (Å²) in [5, 5.41) is 3.07. The molecule has 18 heavy (non-hydrogen) atoms. The molecule has 0 bridgehead atoms. The SMILES string of the molecule is NC(=O)C1CCCN(c2ncnc3sccc23)C1. The third kappa shape index (κ3) is 1.92. The second-order valence-electron chi connectivity index (χ2n) is 4.52. The number of hydrogen-bond acceptors (Lipinski definition) is 5. The van der Waals surface area contributed by atoms with Gasteiger partial charge in [-0.3, -0.25) is 4.79 Å². The monoisotopic (exact) mass is 262 g/mol. The highest BCUT2D eigenvalue weighted by Gasteiger charge is 2.25. The molecule has 3 heterocycles. The molecule has 2 N–H and O–H groups in total. The predicted octanol–water partition coefficient (Wildman–Crippen LogP) is 1.39. The van der Waals surface area contributed by atoms with Gasteiger partial charge in [-0.1, -0.05) is 0 Å². The maximum atomic E-state index is 11.3. The van der Waals surface area contributed by atoms with Crippen molar-refractivity contribution in [2.24, 2.45) is 11.7 Å². The third-order valence-corrected chi connectivity index (χ3v) is 4.18. The van der Waals surface area contributed by atoms with Crippen LogP contribution in [0.2, 0.25) is 0 Å². The standard InChI is InChI=1S/C12H14N4OS/c13-10(17)8-2-1-4-16(6-8)11-9-3-5-18-12(9)15-7-14-11/h3,5,7-8H,1-2,4,6H2,(H2,13,17). The molecular weight excluding hydrogens is 248 g/mol. The molecule has 2 aromatic rings. The molecule has 2 aromatic heterocycles. The Kier molecular flexibility index (Phi) is 2.87. The zero-order chi connectivity index (χ0) is 12.5. The van der Waals surface area contributed by atoms with Crippen LogP contribution in [0, 0.1) is 5.92 Å². The third-order valence-electron chi connectivity index (χ3n) is 3.36. The van der Waals surface area contributed by atoms with Gasteiger partial charge in [-0.2, -0.15) is 0 Å². The zero-order valence-electron chi connectivity index (χ0n) is 9.87. The summed E-state index contributed by atoms with van der Waals surface area (Å²) in [5.41, 5.74) is 5.40. The first-order chi connectivity index (χ1) is 8.75. The largest absolute Gasteiger partial charge is 0.369 e. The van der Waals surface area contributed by atoms with E-state index in [1.54, 1.807) is 17.7 Å². The number of fused-ring (bicyclic) bond motifs is 1. The van der Waals surface area contributed by atoms with Gasteiger partial charge in [-0.15, -0.1) is 11.3 Å². The number of nitrogens with two attached hydrogens (primary N) is 1. The van der Waals surface area contributed by atoms with Gasteiger partial charge in [0.05, 0.1) is 11.3 Å². The van der Waals surface area contributed by atoms with Crippen LogP contribution in [0.25, 0.3) is 10.2 Å². The van der Waals surface area contributed by atoms with E-state index in [2.05, 4.69) is 14.9 Å². The summed E-state index contributed by atoms with van der Waals surface area (Å²) in [6.07, 6.45) is 3.44. The highest BCUT2D eigenvalue weighted by molar-refractivity contribution is 7.16. The Morgan fingerprint density at radius 1 is 1.50 bits per heavy atom. The van der Waals surface area contributed by atoms with Gasteiger partial charge in [-0.05, 0) is 24.3 Å². The van der Waals surface area contributed by atoms with Gasteiger partial charge in [-0.25, -0.2) is 9.97 Å². The van der Waals surface area contributed by atoms with Crippen LogP contribution in [0.5, 0.6) is 0 Å². The summed E-state index contributed by atoms with van der Waals surface area (Å²) in [4.78, 5) is 23.1. The van der Waals surface area contributed by atoms with Gasteiger partial charge in [0.15, 0.2) is 0 Å². The van der Waals surface area contributed by atoms with Crippen molar-refractivity contribution in [1.29, 1.82) is 0 Å². The summed E-state index contributed by atoms with van der Waals surface area (Å²) >= 11 is 1.60. The molecule has 1 aliphatic heterocycles. The van der Waals surface area contributed by atoms with Crippen LogP contribution < -0.4 is 10.6 Å². The summed E-state index contributed by atoms with van der Waals surface area (Å²) in [7, 11) is 0. The minimum Gasteiger partial charge on any atom is -0.369 e. The maximum absolute atomic E-state index is 11.3. The van der Waals surface area contributed by atoms with E-state index in [-0.39, 0.29) is 11.8 Å². The van der Waals surface area contributed by atoms with Crippen molar-refractivity contribution in [3.63, 3.8) is 0 Å². The lowest BCUT2D eigenvalue weighted by atomic mass is 9.97. The molecule has 6 heteroatoms. The molecular formula is C12H14N4OS. The molecule has 1 unspecified atom stereocenters. The smallest absolute Gasteiger partial charge is 0.222 e. The molecule has 94 valence electrons. The first-order valence-electron chi connectivity index (χ1n) is 5.98. The summed E-state index contributed by atoms with van der Waals surface area (Å²) < 4.78 is 0. The number of rotatable bonds is 2. The average molecular weight is 262 g/mol. The Bertz CT molecular complexity index is 582. The van der Waals surface area contributed by atoms with Crippen molar-refractivity contribution in [2.45, 2.75) is 12.8 Å². The van der Waals surface area contributed by atoms with Crippen molar-refractivity contribution in [3.05, 3.63) is 17.8 Å². The Balaban J connectivity index is 1.94. The van der Waals surface area contributed by atoms with E-state index in [1.807, 2.05) is 11.4 Å². The number of carbonyl (C=O) groups excluding carboxylic acids is 1. The van der Waals surface area contributed by atoms with E-state index in [0.29, 0.717) is 6.54 Å². The second kappa shape index (κ2) is 4.53. The number of thiophene rings is 1. The molecule has 5 nitrogen and oxygen atoms in total. The molecule has 0 aliphatic carbocycles. The Morgan fingerprint density at radius 3 is 3.22 bits per heavy atom. The lowest BCUT2D eigenvalue weighted by Gasteiger charge is -2.32. The maximum Gasteiger partial charge on any atom is 0.222 e. The molecule has 0 aromatic carbocycles. The van der Waals surface area contributed by atoms with Gasteiger partial charge >= 0.3 is 0 Å². The second-order valence-corrected chi connectivity index (χ2v) is 5.42. The summed E-state index contributed by atoms with van der Waals surface area (Å²) in [5.74, 6) is 0.643. The van der Waals surface area contributed by atoms with Gasteiger partial charge in [0, 0.05) is 13.1 Å². The number of anilines is 1. The van der Waals surface area contributed by atoms with Crippen LogP contribution in [0.4, 0.5) is 5.82 Å². The Labute approximate surface area is 109 Å². The summed E-state index contributed by atoms with van der Waals surface area (Å²) in [6.45, 7) is 1.59. The van der Waals surface area contributed by atoms with Crippen LogP contribution in [-0.2, 0) is 4.79 Å². The molecule has 0 spiro atoms. The first-order valence-corrected chi connectivity index (χ1v) is 6.86. The van der Waals surface area contributed by atoms with E-state index in [1.165, 1.54) is 0 Å². The topological polar surface area (TPSA) is 72.1 Å². The van der Waals surface area contributed by atoms with Crippen molar-refractivity contribution >= 4 is 33.3 Å². The van der Waals surface area contributed by atoms with Crippen LogP contribution in [-0.4, -0.2) is 29.0 Å². The van der Waals surface area contributed by atoms with Gasteiger partial charge in [0.2, 0.25) is 5.91 Å². The van der Waals surface area contributed by atoms with Crippen LogP contribution in [0.3, 0.4) is 0 Å². The molecule has 0 radical (unpaired) electrons. The number of hydrogen-bond donors (Lipinski definition) is 1. The number of primary amides is 1. The van der Waals surface area contributed by atoms with E-state index in [0.717, 1.165) is 35.4 Å². The first kappa shape index (κ1) is 11.4. The van der Waals surface area contributed by atoms with Crippen LogP contribution >= 0.6 is 11.3 Å². The van der Waals surface area contributed by atoms with Crippen LogP contribution in [0.1, 0.15) is 12.8 Å². The molecule has 1 fully saturated rings. The number of nitrogens with zero attached hydrogens (tertiary/aromatic N) is 3. The van der Waals surface area contributed by atoms with Crippen molar-refractivity contribution < 1.29 is 4.79 Å². The van der Waals surface area contributed by atoms with Gasteiger partial charge in [0.25, 0.3) is 0 Å². The van der Waals surface area contributed by atoms with E-state index < -0.39 is 0 Å². The Morgan fingerprint density at radius 2 is 2.39 bits per heavy atom. The van der Waals surface area contributed by atoms with E-state index in [4.69, 9.17) is 5.73 Å². The highest BCUT2D eigenvalue weighted by Crippen LogP contribution is 2.29. The molecule has 1 saturated heterocycles. The lowest BCUT2D eigenvalue weighted by Crippen LogP contribution is -2.41. The highest BCUT2D eigenvalue weighted by atomic mass is 32.1. The summed E-state index contributed by atoms with van der Waals surface area (Å²) in [6, 6.07) is 2.03. The fraction of sp³-hybridized carbons (Fsp3) is 0.417. The quantitative estimate of drug-likeness (QED) is 0.887. The van der Waals surface area contributed by atoms with Gasteiger partial charge < -0.3 is 10.6 Å². The molecule has 1 aliphatic rings. The lowest BCUT2D eigenvalue weighted by molar-refractivity contribution is -0.122.